The van der Waals surface area contributed by atoms with E-state index in [2.05, 4.69) is 19.1 Å². The number of ether oxygens (including phenoxy) is 2. The van der Waals surface area contributed by atoms with E-state index >= 15 is 0 Å². The topological polar surface area (TPSA) is 52.6 Å². The maximum atomic E-state index is 11.1. The maximum Gasteiger partial charge on any atom is 0.305 e. The largest absolute Gasteiger partial charge is 0.421 e. The van der Waals surface area contributed by atoms with Gasteiger partial charge in [-0.15, -0.1) is 0 Å². The van der Waals surface area contributed by atoms with Gasteiger partial charge >= 0.3 is 11.9 Å². The Balaban J connectivity index is 2.77. The van der Waals surface area contributed by atoms with E-state index in [1.807, 2.05) is 18.2 Å². The fraction of sp³-hybridized carbons (Fsp3) is 0.474. The van der Waals surface area contributed by atoms with Crippen LogP contribution in [-0.2, 0) is 25.5 Å². The summed E-state index contributed by atoms with van der Waals surface area (Å²) in [6.07, 6.45) is 5.62. The second-order valence-electron chi connectivity index (χ2n) is 5.64. The van der Waals surface area contributed by atoms with Crippen molar-refractivity contribution in [2.24, 2.45) is 0 Å². The van der Waals surface area contributed by atoms with E-state index < -0.39 is 18.2 Å². The van der Waals surface area contributed by atoms with E-state index in [9.17, 15) is 9.59 Å². The zero-order valence-electron chi connectivity index (χ0n) is 14.4. The number of carbonyl (C=O) groups is 2. The Hall–Kier alpha value is -2.10. The Kier molecular flexibility index (Phi) is 8.09. The van der Waals surface area contributed by atoms with E-state index in [-0.39, 0.29) is 0 Å². The molecular weight excluding hydrogens is 292 g/mol. The van der Waals surface area contributed by atoms with E-state index in [0.29, 0.717) is 5.57 Å². The highest BCUT2D eigenvalue weighted by atomic mass is 16.7. The molecule has 0 bridgehead atoms. The van der Waals surface area contributed by atoms with Crippen LogP contribution in [-0.4, -0.2) is 18.2 Å². The predicted octanol–water partition coefficient (Wildman–Crippen LogP) is 4.27. The van der Waals surface area contributed by atoms with E-state index in [0.717, 1.165) is 12.0 Å². The summed E-state index contributed by atoms with van der Waals surface area (Å²) in [6, 6.07) is 8.23. The highest BCUT2D eigenvalue weighted by Crippen LogP contribution is 2.16. The van der Waals surface area contributed by atoms with Gasteiger partial charge < -0.3 is 9.47 Å². The zero-order chi connectivity index (χ0) is 17.2. The average molecular weight is 318 g/mol. The Morgan fingerprint density at radius 3 is 2.04 bits per heavy atom. The highest BCUT2D eigenvalue weighted by Gasteiger charge is 2.17. The first kappa shape index (κ1) is 18.9. The van der Waals surface area contributed by atoms with Gasteiger partial charge in [-0.3, -0.25) is 9.59 Å². The van der Waals surface area contributed by atoms with Gasteiger partial charge in [0.2, 0.25) is 0 Å². The number of unbranched alkanes of at least 4 members (excludes halogenated alkanes) is 2. The lowest BCUT2D eigenvalue weighted by Crippen LogP contribution is -2.23. The minimum atomic E-state index is -0.978. The quantitative estimate of drug-likeness (QED) is 0.408. The van der Waals surface area contributed by atoms with Crippen molar-refractivity contribution in [3.63, 3.8) is 0 Å². The number of rotatable bonds is 8. The molecule has 0 fully saturated rings. The number of benzene rings is 1. The van der Waals surface area contributed by atoms with Gasteiger partial charge in [0.05, 0.1) is 0 Å². The lowest BCUT2D eigenvalue weighted by atomic mass is 10.0. The summed E-state index contributed by atoms with van der Waals surface area (Å²) in [4.78, 5) is 22.2. The van der Waals surface area contributed by atoms with Crippen LogP contribution in [0.5, 0.6) is 0 Å². The van der Waals surface area contributed by atoms with Crippen molar-refractivity contribution in [2.45, 2.75) is 59.7 Å². The third-order valence-corrected chi connectivity index (χ3v) is 3.36. The number of hydrogen-bond acceptors (Lipinski definition) is 4. The Morgan fingerprint density at radius 1 is 1.00 bits per heavy atom. The Morgan fingerprint density at radius 2 is 1.57 bits per heavy atom. The molecule has 1 aromatic carbocycles. The highest BCUT2D eigenvalue weighted by molar-refractivity contribution is 5.69. The molecule has 0 saturated carbocycles. The van der Waals surface area contributed by atoms with Gasteiger partial charge in [0.15, 0.2) is 0 Å². The molecule has 4 nitrogen and oxygen atoms in total. The minimum Gasteiger partial charge on any atom is -0.421 e. The SMILES string of the molecule is CCCCCc1ccc(/C=C(\C)C(OC(C)=O)OC(C)=O)cc1. The van der Waals surface area contributed by atoms with Gasteiger partial charge in [0.25, 0.3) is 6.29 Å². The summed E-state index contributed by atoms with van der Waals surface area (Å²) >= 11 is 0. The average Bonchev–Trinajstić information content (AvgIpc) is 2.47. The molecule has 0 N–H and O–H groups in total. The van der Waals surface area contributed by atoms with Crippen LogP contribution in [0.25, 0.3) is 6.08 Å². The molecule has 0 radical (unpaired) electrons. The minimum absolute atomic E-state index is 0.490. The Labute approximate surface area is 138 Å². The van der Waals surface area contributed by atoms with Crippen molar-refractivity contribution in [1.29, 1.82) is 0 Å². The fourth-order valence-corrected chi connectivity index (χ4v) is 2.20. The van der Waals surface area contributed by atoms with Crippen LogP contribution in [0, 0.1) is 0 Å². The van der Waals surface area contributed by atoms with Crippen LogP contribution in [0.1, 0.15) is 58.1 Å². The van der Waals surface area contributed by atoms with Crippen LogP contribution in [0.4, 0.5) is 0 Å². The molecule has 0 spiro atoms. The summed E-state index contributed by atoms with van der Waals surface area (Å²) in [5.41, 5.74) is 2.95. The normalized spacial score (nSPS) is 11.4. The lowest BCUT2D eigenvalue weighted by Gasteiger charge is -2.17. The summed E-state index contributed by atoms with van der Waals surface area (Å²) in [7, 11) is 0. The monoisotopic (exact) mass is 318 g/mol. The molecule has 0 atom stereocenters. The van der Waals surface area contributed by atoms with E-state index in [1.165, 1.54) is 38.7 Å². The fourth-order valence-electron chi connectivity index (χ4n) is 2.20. The summed E-state index contributed by atoms with van der Waals surface area (Å²) in [5.74, 6) is -0.981. The molecule has 23 heavy (non-hydrogen) atoms. The van der Waals surface area contributed by atoms with Gasteiger partial charge in [0, 0.05) is 19.4 Å². The van der Waals surface area contributed by atoms with Gasteiger partial charge in [-0.25, -0.2) is 0 Å². The molecule has 4 heteroatoms. The third kappa shape index (κ3) is 7.63. The summed E-state index contributed by atoms with van der Waals surface area (Å²) < 4.78 is 10.1. The van der Waals surface area contributed by atoms with Gasteiger partial charge in [-0.05, 0) is 37.0 Å². The van der Waals surface area contributed by atoms with Gasteiger partial charge in [0.1, 0.15) is 0 Å². The van der Waals surface area contributed by atoms with Crippen molar-refractivity contribution in [1.82, 2.24) is 0 Å². The van der Waals surface area contributed by atoms with Gasteiger partial charge in [-0.1, -0.05) is 44.0 Å². The second kappa shape index (κ2) is 9.82. The number of aryl methyl sites for hydroxylation is 1. The molecule has 0 aliphatic rings. The molecule has 0 heterocycles. The smallest absolute Gasteiger partial charge is 0.305 e. The van der Waals surface area contributed by atoms with Gasteiger partial charge in [-0.2, -0.15) is 0 Å². The standard InChI is InChI=1S/C19H26O4/c1-5-6-7-8-17-9-11-18(12-10-17)13-14(2)19(22-15(3)20)23-16(4)21/h9-13,19H,5-8H2,1-4H3/b14-13+. The molecule has 0 unspecified atom stereocenters. The van der Waals surface area contributed by atoms with Crippen molar-refractivity contribution in [3.8, 4) is 0 Å². The second-order valence-corrected chi connectivity index (χ2v) is 5.64. The van der Waals surface area contributed by atoms with Crippen LogP contribution in [0.15, 0.2) is 29.8 Å². The molecular formula is C19H26O4. The molecule has 0 aromatic heterocycles. The van der Waals surface area contributed by atoms with Crippen LogP contribution in [0.3, 0.4) is 0 Å². The van der Waals surface area contributed by atoms with E-state index in [1.54, 1.807) is 6.92 Å². The van der Waals surface area contributed by atoms with Crippen LogP contribution in [0.2, 0.25) is 0 Å². The van der Waals surface area contributed by atoms with Crippen molar-refractivity contribution in [3.05, 3.63) is 41.0 Å². The number of esters is 2. The molecule has 0 amide bonds. The number of carbonyl (C=O) groups excluding carboxylic acids is 2. The molecule has 1 rings (SSSR count). The molecule has 126 valence electrons. The summed E-state index contributed by atoms with van der Waals surface area (Å²) in [5, 5.41) is 0. The molecule has 0 aliphatic carbocycles. The Bertz CT molecular complexity index is 527. The molecule has 0 aliphatic heterocycles. The van der Waals surface area contributed by atoms with Crippen molar-refractivity contribution >= 4 is 18.0 Å². The lowest BCUT2D eigenvalue weighted by molar-refractivity contribution is -0.177. The molecule has 0 saturated heterocycles. The van der Waals surface area contributed by atoms with Crippen LogP contribution < -0.4 is 0 Å². The first-order valence-corrected chi connectivity index (χ1v) is 8.04. The van der Waals surface area contributed by atoms with Crippen molar-refractivity contribution < 1.29 is 19.1 Å². The van der Waals surface area contributed by atoms with Crippen LogP contribution >= 0.6 is 0 Å². The first-order chi connectivity index (χ1) is 10.9. The third-order valence-electron chi connectivity index (χ3n) is 3.36. The van der Waals surface area contributed by atoms with E-state index in [4.69, 9.17) is 9.47 Å². The molecule has 1 aromatic rings. The predicted molar refractivity (Wildman–Crippen MR) is 90.6 cm³/mol. The maximum absolute atomic E-state index is 11.1. The summed E-state index contributed by atoms with van der Waals surface area (Å²) in [6.45, 7) is 6.54. The van der Waals surface area contributed by atoms with Crippen molar-refractivity contribution in [2.75, 3.05) is 0 Å². The zero-order valence-corrected chi connectivity index (χ0v) is 14.4. The first-order valence-electron chi connectivity index (χ1n) is 8.04. The number of hydrogen-bond donors (Lipinski definition) is 0.